The molecule has 0 spiro atoms. The molecule has 1 aromatic heterocycles. The lowest BCUT2D eigenvalue weighted by Gasteiger charge is -2.23. The van der Waals surface area contributed by atoms with Gasteiger partial charge in [-0.15, -0.1) is 0 Å². The Hall–Kier alpha value is -1.85. The molecule has 120 valence electrons. The number of aromatic nitrogens is 2. The van der Waals surface area contributed by atoms with Gasteiger partial charge in [0, 0.05) is 32.4 Å². The molecule has 0 aromatic carbocycles. The molecule has 2 amide bonds. The van der Waals surface area contributed by atoms with Crippen LogP contribution in [0, 0.1) is 5.92 Å². The standard InChI is InChI=1S/C16H24N4O2/c1-19-10-8-17-16(19)15(12-6-7-12)18-13(21)11-20-9-4-2-3-5-14(20)22/h8,10,12,15H,2-7,9,11H2,1H3,(H,18,21)/t15-/m1/s1. The number of aryl methyl sites for hydroxylation is 1. The van der Waals surface area contributed by atoms with Crippen molar-refractivity contribution in [2.24, 2.45) is 13.0 Å². The van der Waals surface area contributed by atoms with Crippen LogP contribution >= 0.6 is 0 Å². The molecular formula is C16H24N4O2. The third kappa shape index (κ3) is 3.48. The highest BCUT2D eigenvalue weighted by atomic mass is 16.2. The summed E-state index contributed by atoms with van der Waals surface area (Å²) in [4.78, 5) is 30.4. The number of imidazole rings is 1. The van der Waals surface area contributed by atoms with Crippen molar-refractivity contribution in [2.75, 3.05) is 13.1 Å². The fourth-order valence-electron chi connectivity index (χ4n) is 3.10. The number of carbonyl (C=O) groups excluding carboxylic acids is 2. The summed E-state index contributed by atoms with van der Waals surface area (Å²) in [6.07, 6.45) is 9.48. The Morgan fingerprint density at radius 2 is 2.23 bits per heavy atom. The van der Waals surface area contributed by atoms with Gasteiger partial charge in [0.15, 0.2) is 0 Å². The highest BCUT2D eigenvalue weighted by Gasteiger charge is 2.36. The number of likely N-dealkylation sites (tertiary alicyclic amines) is 1. The molecule has 1 aromatic rings. The Morgan fingerprint density at radius 3 is 2.91 bits per heavy atom. The van der Waals surface area contributed by atoms with Gasteiger partial charge in [0.2, 0.25) is 11.8 Å². The van der Waals surface area contributed by atoms with Crippen LogP contribution in [-0.2, 0) is 16.6 Å². The van der Waals surface area contributed by atoms with Gasteiger partial charge in [-0.05, 0) is 31.6 Å². The fourth-order valence-corrected chi connectivity index (χ4v) is 3.10. The molecular weight excluding hydrogens is 280 g/mol. The zero-order chi connectivity index (χ0) is 15.5. The summed E-state index contributed by atoms with van der Waals surface area (Å²) in [6, 6.07) is -0.0328. The molecule has 22 heavy (non-hydrogen) atoms. The second-order valence-corrected chi connectivity index (χ2v) is 6.40. The lowest BCUT2D eigenvalue weighted by Crippen LogP contribution is -2.42. The van der Waals surface area contributed by atoms with E-state index in [4.69, 9.17) is 0 Å². The topological polar surface area (TPSA) is 67.2 Å². The van der Waals surface area contributed by atoms with Crippen LogP contribution in [0.1, 0.15) is 50.4 Å². The summed E-state index contributed by atoms with van der Waals surface area (Å²) in [7, 11) is 1.95. The lowest BCUT2D eigenvalue weighted by atomic mass is 10.1. The number of carbonyl (C=O) groups is 2. The number of hydrogen-bond acceptors (Lipinski definition) is 3. The third-order valence-electron chi connectivity index (χ3n) is 4.55. The van der Waals surface area contributed by atoms with Crippen molar-refractivity contribution in [1.82, 2.24) is 19.8 Å². The number of amides is 2. The third-order valence-corrected chi connectivity index (χ3v) is 4.55. The van der Waals surface area contributed by atoms with Gasteiger partial charge in [0.05, 0.1) is 12.6 Å². The van der Waals surface area contributed by atoms with E-state index in [2.05, 4.69) is 10.3 Å². The normalized spacial score (nSPS) is 20.6. The first kappa shape index (κ1) is 15.1. The Labute approximate surface area is 130 Å². The highest BCUT2D eigenvalue weighted by Crippen LogP contribution is 2.40. The minimum Gasteiger partial charge on any atom is -0.344 e. The molecule has 1 saturated carbocycles. The molecule has 1 atom stereocenters. The van der Waals surface area contributed by atoms with Crippen LogP contribution in [0.25, 0.3) is 0 Å². The molecule has 1 aliphatic heterocycles. The number of nitrogens with zero attached hydrogens (tertiary/aromatic N) is 3. The van der Waals surface area contributed by atoms with Crippen LogP contribution < -0.4 is 5.32 Å². The smallest absolute Gasteiger partial charge is 0.240 e. The fraction of sp³-hybridized carbons (Fsp3) is 0.688. The van der Waals surface area contributed by atoms with Crippen LogP contribution in [0.3, 0.4) is 0 Å². The van der Waals surface area contributed by atoms with Gasteiger partial charge >= 0.3 is 0 Å². The van der Waals surface area contributed by atoms with E-state index in [0.717, 1.165) is 37.9 Å². The largest absolute Gasteiger partial charge is 0.344 e. The molecule has 0 bridgehead atoms. The minimum absolute atomic E-state index is 0.0328. The van der Waals surface area contributed by atoms with Gasteiger partial charge in [-0.3, -0.25) is 9.59 Å². The zero-order valence-electron chi connectivity index (χ0n) is 13.1. The van der Waals surface area contributed by atoms with Crippen molar-refractivity contribution in [3.05, 3.63) is 18.2 Å². The molecule has 2 fully saturated rings. The molecule has 3 rings (SSSR count). The SMILES string of the molecule is Cn1ccnc1[C@H](NC(=O)CN1CCCCCC1=O)C1CC1. The summed E-state index contributed by atoms with van der Waals surface area (Å²) < 4.78 is 1.96. The monoisotopic (exact) mass is 304 g/mol. The average molecular weight is 304 g/mol. The zero-order valence-corrected chi connectivity index (χ0v) is 13.1. The number of rotatable bonds is 5. The average Bonchev–Trinajstić information content (AvgIpc) is 3.26. The maximum atomic E-state index is 12.4. The predicted molar refractivity (Wildman–Crippen MR) is 81.9 cm³/mol. The molecule has 6 nitrogen and oxygen atoms in total. The molecule has 1 aliphatic carbocycles. The molecule has 0 unspecified atom stereocenters. The van der Waals surface area contributed by atoms with Crippen molar-refractivity contribution in [1.29, 1.82) is 0 Å². The van der Waals surface area contributed by atoms with Crippen molar-refractivity contribution in [3.63, 3.8) is 0 Å². The summed E-state index contributed by atoms with van der Waals surface area (Å²) >= 11 is 0. The lowest BCUT2D eigenvalue weighted by molar-refractivity contribution is -0.135. The van der Waals surface area contributed by atoms with Crippen molar-refractivity contribution in [2.45, 2.75) is 44.6 Å². The summed E-state index contributed by atoms with van der Waals surface area (Å²) in [5.41, 5.74) is 0. The first-order valence-electron chi connectivity index (χ1n) is 8.19. The summed E-state index contributed by atoms with van der Waals surface area (Å²) in [5.74, 6) is 1.41. The van der Waals surface area contributed by atoms with Crippen LogP contribution in [0.4, 0.5) is 0 Å². The first-order valence-corrected chi connectivity index (χ1v) is 8.19. The van der Waals surface area contributed by atoms with Crippen LogP contribution in [0.2, 0.25) is 0 Å². The van der Waals surface area contributed by atoms with E-state index < -0.39 is 0 Å². The summed E-state index contributed by atoms with van der Waals surface area (Å²) in [6.45, 7) is 0.870. The highest BCUT2D eigenvalue weighted by molar-refractivity contribution is 5.85. The van der Waals surface area contributed by atoms with E-state index in [-0.39, 0.29) is 24.4 Å². The quantitative estimate of drug-likeness (QED) is 0.894. The molecule has 2 heterocycles. The van der Waals surface area contributed by atoms with E-state index in [9.17, 15) is 9.59 Å². The Bertz CT molecular complexity index is 550. The van der Waals surface area contributed by atoms with Crippen molar-refractivity contribution in [3.8, 4) is 0 Å². The van der Waals surface area contributed by atoms with E-state index in [0.29, 0.717) is 18.9 Å². The maximum absolute atomic E-state index is 12.4. The van der Waals surface area contributed by atoms with Crippen LogP contribution in [0.15, 0.2) is 12.4 Å². The number of nitrogens with one attached hydrogen (secondary N) is 1. The Morgan fingerprint density at radius 1 is 1.41 bits per heavy atom. The van der Waals surface area contributed by atoms with E-state index in [1.807, 2.05) is 17.8 Å². The Kier molecular flexibility index (Phi) is 4.45. The number of hydrogen-bond donors (Lipinski definition) is 1. The van der Waals surface area contributed by atoms with Gasteiger partial charge in [-0.2, -0.15) is 0 Å². The molecule has 1 saturated heterocycles. The molecule has 6 heteroatoms. The predicted octanol–water partition coefficient (Wildman–Crippen LogP) is 1.39. The van der Waals surface area contributed by atoms with Gasteiger partial charge in [0.25, 0.3) is 0 Å². The van der Waals surface area contributed by atoms with E-state index in [1.54, 1.807) is 11.1 Å². The van der Waals surface area contributed by atoms with Crippen LogP contribution in [0.5, 0.6) is 0 Å². The van der Waals surface area contributed by atoms with Gasteiger partial charge in [-0.25, -0.2) is 4.98 Å². The van der Waals surface area contributed by atoms with E-state index >= 15 is 0 Å². The van der Waals surface area contributed by atoms with Crippen molar-refractivity contribution >= 4 is 11.8 Å². The molecule has 1 N–H and O–H groups in total. The van der Waals surface area contributed by atoms with Gasteiger partial charge in [0.1, 0.15) is 5.82 Å². The summed E-state index contributed by atoms with van der Waals surface area (Å²) in [5, 5.41) is 3.09. The molecule has 0 radical (unpaired) electrons. The second-order valence-electron chi connectivity index (χ2n) is 6.40. The van der Waals surface area contributed by atoms with Gasteiger partial charge in [-0.1, -0.05) is 6.42 Å². The van der Waals surface area contributed by atoms with E-state index in [1.165, 1.54) is 0 Å². The van der Waals surface area contributed by atoms with Crippen LogP contribution in [-0.4, -0.2) is 39.4 Å². The second kappa shape index (κ2) is 6.50. The van der Waals surface area contributed by atoms with Crippen molar-refractivity contribution < 1.29 is 9.59 Å². The Balaban J connectivity index is 1.62. The van der Waals surface area contributed by atoms with Gasteiger partial charge < -0.3 is 14.8 Å². The molecule has 2 aliphatic rings. The first-order chi connectivity index (χ1) is 10.6. The minimum atomic E-state index is -0.0739. The maximum Gasteiger partial charge on any atom is 0.240 e.